The van der Waals surface area contributed by atoms with Crippen LogP contribution in [0.1, 0.15) is 37.2 Å². The van der Waals surface area contributed by atoms with E-state index in [1.165, 1.54) is 12.1 Å². The lowest BCUT2D eigenvalue weighted by Crippen LogP contribution is -2.65. The van der Waals surface area contributed by atoms with Gasteiger partial charge in [-0.1, -0.05) is 12.1 Å². The van der Waals surface area contributed by atoms with Crippen LogP contribution in [0.5, 0.6) is 0 Å². The summed E-state index contributed by atoms with van der Waals surface area (Å²) in [5, 5.41) is 3.66. The van der Waals surface area contributed by atoms with Gasteiger partial charge in [0.2, 0.25) is 0 Å². The Morgan fingerprint density at radius 3 is 2.53 bits per heavy atom. The molecule has 11 heteroatoms. The molecule has 172 valence electrons. The summed E-state index contributed by atoms with van der Waals surface area (Å²) in [5.74, 6) is -0.742. The Balaban J connectivity index is 1.50. The molecule has 3 amide bonds. The van der Waals surface area contributed by atoms with Crippen molar-refractivity contribution in [1.29, 1.82) is 0 Å². The first-order valence-corrected chi connectivity index (χ1v) is 11.7. The lowest BCUT2D eigenvalue weighted by Gasteiger charge is -2.45. The van der Waals surface area contributed by atoms with E-state index in [0.29, 0.717) is 38.9 Å². The van der Waals surface area contributed by atoms with Crippen LogP contribution in [0.4, 0.5) is 9.18 Å². The zero-order chi connectivity index (χ0) is 22.7. The number of carbonyl (C=O) groups excluding carboxylic acids is 2. The van der Waals surface area contributed by atoms with Crippen LogP contribution < -0.4 is 10.6 Å². The second-order valence-electron chi connectivity index (χ2n) is 8.26. The number of benzene rings is 1. The van der Waals surface area contributed by atoms with Crippen molar-refractivity contribution in [1.82, 2.24) is 25.1 Å². The van der Waals surface area contributed by atoms with Gasteiger partial charge < -0.3 is 14.4 Å². The summed E-state index contributed by atoms with van der Waals surface area (Å²) in [6.45, 7) is 1.41. The van der Waals surface area contributed by atoms with Gasteiger partial charge in [-0.25, -0.2) is 14.2 Å². The smallest absolute Gasteiger partial charge is 0.322 e. The molecule has 3 atom stereocenters. The maximum atomic E-state index is 13.2. The zero-order valence-electron chi connectivity index (χ0n) is 17.4. The van der Waals surface area contributed by atoms with Crippen LogP contribution in [0.3, 0.4) is 0 Å². The van der Waals surface area contributed by atoms with E-state index in [1.54, 1.807) is 35.8 Å². The number of likely N-dealkylation sites (tertiary alicyclic amines) is 1. The second kappa shape index (κ2) is 9.47. The van der Waals surface area contributed by atoms with Gasteiger partial charge in [-0.15, -0.1) is 0 Å². The van der Waals surface area contributed by atoms with Gasteiger partial charge in [0.1, 0.15) is 16.7 Å². The average Bonchev–Trinajstić information content (AvgIpc) is 3.37. The van der Waals surface area contributed by atoms with E-state index in [-0.39, 0.29) is 18.2 Å². The first-order chi connectivity index (χ1) is 15.4. The molecule has 1 aromatic carbocycles. The molecule has 0 spiro atoms. The monoisotopic (exact) mass is 462 g/mol. The Hall–Kier alpha value is -2.63. The minimum atomic E-state index is -2.63. The van der Waals surface area contributed by atoms with E-state index in [4.69, 9.17) is 0 Å². The van der Waals surface area contributed by atoms with Crippen LogP contribution in [0.15, 0.2) is 43.0 Å². The third-order valence-corrected chi connectivity index (χ3v) is 7.39. The molecular formula is C21H25FN5O4S-. The van der Waals surface area contributed by atoms with E-state index >= 15 is 0 Å². The normalized spacial score (nSPS) is 24.2. The molecule has 2 N–H and O–H groups in total. The van der Waals surface area contributed by atoms with Gasteiger partial charge in [-0.3, -0.25) is 19.2 Å². The second-order valence-corrected chi connectivity index (χ2v) is 9.23. The molecule has 0 aliphatic carbocycles. The highest BCUT2D eigenvalue weighted by atomic mass is 32.2. The number of piperidine rings is 1. The Kier molecular flexibility index (Phi) is 6.68. The van der Waals surface area contributed by atoms with E-state index in [9.17, 15) is 22.7 Å². The van der Waals surface area contributed by atoms with Crippen LogP contribution >= 0.6 is 0 Å². The predicted octanol–water partition coefficient (Wildman–Crippen LogP) is 1.47. The molecule has 3 unspecified atom stereocenters. The molecular weight excluding hydrogens is 437 g/mol. The molecule has 2 fully saturated rings. The number of urea groups is 1. The summed E-state index contributed by atoms with van der Waals surface area (Å²) >= 11 is -2.63. The van der Waals surface area contributed by atoms with Gasteiger partial charge in [0.15, 0.2) is 0 Å². The summed E-state index contributed by atoms with van der Waals surface area (Å²) in [6.07, 6.45) is 7.04. The Morgan fingerprint density at radius 1 is 1.25 bits per heavy atom. The summed E-state index contributed by atoms with van der Waals surface area (Å²) in [4.78, 5) is 30.6. The van der Waals surface area contributed by atoms with Crippen LogP contribution in [0, 0.1) is 5.82 Å². The number of imidazole rings is 1. The zero-order valence-corrected chi connectivity index (χ0v) is 18.2. The van der Waals surface area contributed by atoms with Gasteiger partial charge in [0.05, 0.1) is 6.33 Å². The predicted molar refractivity (Wildman–Crippen MR) is 114 cm³/mol. The van der Waals surface area contributed by atoms with Crippen molar-refractivity contribution in [2.45, 2.75) is 49.1 Å². The molecule has 0 bridgehead atoms. The lowest BCUT2D eigenvalue weighted by atomic mass is 9.87. The van der Waals surface area contributed by atoms with Crippen molar-refractivity contribution in [3.63, 3.8) is 0 Å². The molecule has 2 aliphatic heterocycles. The van der Waals surface area contributed by atoms with Crippen LogP contribution in [-0.2, 0) is 22.4 Å². The molecule has 2 aliphatic rings. The fourth-order valence-electron chi connectivity index (χ4n) is 4.74. The summed E-state index contributed by atoms with van der Waals surface area (Å²) < 4.78 is 39.9. The maximum Gasteiger partial charge on any atom is 0.322 e. The highest BCUT2D eigenvalue weighted by Gasteiger charge is 2.54. The third kappa shape index (κ3) is 4.59. The number of carbonyl (C=O) groups is 2. The number of nitrogens with one attached hydrogen (secondary N) is 2. The van der Waals surface area contributed by atoms with Crippen LogP contribution in [0.2, 0.25) is 0 Å². The number of imide groups is 1. The number of amides is 3. The summed E-state index contributed by atoms with van der Waals surface area (Å²) in [7, 11) is 0. The van der Waals surface area contributed by atoms with Gasteiger partial charge >= 0.3 is 6.03 Å². The van der Waals surface area contributed by atoms with E-state index in [2.05, 4.69) is 15.6 Å². The van der Waals surface area contributed by atoms with Gasteiger partial charge in [0, 0.05) is 18.9 Å². The van der Waals surface area contributed by atoms with Crippen molar-refractivity contribution in [2.75, 3.05) is 13.1 Å². The molecule has 0 radical (unpaired) electrons. The van der Waals surface area contributed by atoms with Crippen LogP contribution in [0.25, 0.3) is 0 Å². The molecule has 32 heavy (non-hydrogen) atoms. The van der Waals surface area contributed by atoms with E-state index in [1.807, 2.05) is 4.57 Å². The van der Waals surface area contributed by atoms with Crippen molar-refractivity contribution < 1.29 is 22.7 Å². The summed E-state index contributed by atoms with van der Waals surface area (Å²) in [6, 6.07) is 5.66. The fraction of sp³-hybridized carbons (Fsp3) is 0.476. The Bertz CT molecular complexity index is 979. The molecule has 3 heterocycles. The number of halogens is 1. The van der Waals surface area contributed by atoms with Gasteiger partial charge in [-0.05, 0) is 73.5 Å². The number of aromatic nitrogens is 2. The van der Waals surface area contributed by atoms with Gasteiger partial charge in [0.25, 0.3) is 5.91 Å². The highest BCUT2D eigenvalue weighted by Crippen LogP contribution is 2.34. The Morgan fingerprint density at radius 2 is 1.97 bits per heavy atom. The number of nitrogens with zero attached hydrogens (tertiary/aromatic N) is 3. The molecule has 1 aromatic heterocycles. The van der Waals surface area contributed by atoms with Crippen molar-refractivity contribution in [2.24, 2.45) is 0 Å². The quantitative estimate of drug-likeness (QED) is 0.453. The third-order valence-electron chi connectivity index (χ3n) is 6.32. The average molecular weight is 463 g/mol. The fourth-order valence-corrected chi connectivity index (χ4v) is 5.80. The van der Waals surface area contributed by atoms with E-state index < -0.39 is 33.9 Å². The Labute approximate surface area is 187 Å². The standard InChI is InChI=1S/C21H26FN5O4S/c22-17-4-2-15(3-5-17)16-6-11-27(12-7-16)19(32(30)31)21(18(28)24-20(29)25-21)8-1-10-26-13-9-23-14-26/h2-5,9,13-14,16,19H,1,6-8,10-12H2,(H,30,31)(H2,24,25,28,29)/p-1. The first kappa shape index (κ1) is 22.6. The van der Waals surface area contributed by atoms with E-state index in [0.717, 1.165) is 5.56 Å². The lowest BCUT2D eigenvalue weighted by molar-refractivity contribution is -0.126. The van der Waals surface area contributed by atoms with Crippen molar-refractivity contribution in [3.05, 3.63) is 54.4 Å². The molecule has 2 aromatic rings. The number of hydrogen-bond donors (Lipinski definition) is 2. The van der Waals surface area contributed by atoms with Crippen molar-refractivity contribution in [3.8, 4) is 0 Å². The number of rotatable bonds is 8. The first-order valence-electron chi connectivity index (χ1n) is 10.6. The SMILES string of the molecule is O=C1NC(=O)C(CCCn2ccnc2)(C(N2CCC(c3ccc(F)cc3)CC2)S(=O)[O-])N1. The highest BCUT2D eigenvalue weighted by molar-refractivity contribution is 7.79. The van der Waals surface area contributed by atoms with Crippen molar-refractivity contribution >= 4 is 23.0 Å². The minimum Gasteiger partial charge on any atom is -0.771 e. The maximum absolute atomic E-state index is 13.2. The van der Waals surface area contributed by atoms with Gasteiger partial charge in [-0.2, -0.15) is 0 Å². The molecule has 2 saturated heterocycles. The number of hydrogen-bond acceptors (Lipinski definition) is 6. The number of aryl methyl sites for hydroxylation is 1. The molecule has 9 nitrogen and oxygen atoms in total. The minimum absolute atomic E-state index is 0.166. The largest absolute Gasteiger partial charge is 0.771 e. The molecule has 4 rings (SSSR count). The summed E-state index contributed by atoms with van der Waals surface area (Å²) in [5.41, 5.74) is -0.555. The molecule has 0 saturated carbocycles. The van der Waals surface area contributed by atoms with Crippen LogP contribution in [-0.4, -0.2) is 59.2 Å². The topological polar surface area (TPSA) is 119 Å².